The van der Waals surface area contributed by atoms with Crippen LogP contribution in [0.1, 0.15) is 0 Å². The van der Waals surface area contributed by atoms with Crippen molar-refractivity contribution in [3.8, 4) is 17.1 Å². The molecular formula is C13H9Cl2N5. The summed E-state index contributed by atoms with van der Waals surface area (Å²) in [4.78, 5) is 7.97. The molecule has 2 heterocycles. The first-order chi connectivity index (χ1) is 9.65. The van der Waals surface area contributed by atoms with Gasteiger partial charge in [-0.3, -0.25) is 0 Å². The molecule has 0 amide bonds. The van der Waals surface area contributed by atoms with Crippen molar-refractivity contribution in [2.75, 3.05) is 5.73 Å². The van der Waals surface area contributed by atoms with Gasteiger partial charge in [-0.1, -0.05) is 23.2 Å². The Balaban J connectivity index is 2.09. The Morgan fingerprint density at radius 1 is 1.10 bits per heavy atom. The number of hydrogen-bond acceptors (Lipinski definition) is 4. The summed E-state index contributed by atoms with van der Waals surface area (Å²) in [7, 11) is 0. The molecule has 0 atom stereocenters. The highest BCUT2D eigenvalue weighted by molar-refractivity contribution is 6.36. The van der Waals surface area contributed by atoms with Crippen molar-refractivity contribution in [2.45, 2.75) is 0 Å². The van der Waals surface area contributed by atoms with Crippen LogP contribution in [0.25, 0.3) is 17.1 Å². The van der Waals surface area contributed by atoms with Crippen molar-refractivity contribution in [1.29, 1.82) is 0 Å². The van der Waals surface area contributed by atoms with E-state index in [-0.39, 0.29) is 0 Å². The Bertz CT molecular complexity index is 755. The zero-order valence-electron chi connectivity index (χ0n) is 10.2. The molecule has 5 nitrogen and oxygen atoms in total. The number of anilines is 1. The zero-order chi connectivity index (χ0) is 14.1. The van der Waals surface area contributed by atoms with E-state index in [0.29, 0.717) is 27.4 Å². The third-order valence-corrected chi connectivity index (χ3v) is 3.28. The number of hydrogen-bond donors (Lipinski definition) is 1. The fourth-order valence-corrected chi connectivity index (χ4v) is 2.32. The van der Waals surface area contributed by atoms with Gasteiger partial charge in [0.2, 0.25) is 0 Å². The molecule has 1 aromatic carbocycles. The Morgan fingerprint density at radius 3 is 2.65 bits per heavy atom. The van der Waals surface area contributed by atoms with Crippen molar-refractivity contribution in [2.24, 2.45) is 0 Å². The van der Waals surface area contributed by atoms with E-state index in [4.69, 9.17) is 28.9 Å². The Kier molecular flexibility index (Phi) is 3.30. The fourth-order valence-electron chi connectivity index (χ4n) is 1.82. The lowest BCUT2D eigenvalue weighted by Gasteiger charge is -2.02. The largest absolute Gasteiger partial charge is 0.384 e. The van der Waals surface area contributed by atoms with Crippen LogP contribution in [0.5, 0.6) is 0 Å². The van der Waals surface area contributed by atoms with Crippen molar-refractivity contribution in [3.05, 3.63) is 52.9 Å². The van der Waals surface area contributed by atoms with E-state index in [9.17, 15) is 0 Å². The van der Waals surface area contributed by atoms with Crippen LogP contribution in [0.3, 0.4) is 0 Å². The zero-order valence-corrected chi connectivity index (χ0v) is 11.7. The normalized spacial score (nSPS) is 10.7. The Hall–Kier alpha value is -2.11. The molecular weight excluding hydrogens is 297 g/mol. The molecule has 0 fully saturated rings. The van der Waals surface area contributed by atoms with Gasteiger partial charge in [0.05, 0.1) is 10.7 Å². The molecule has 20 heavy (non-hydrogen) atoms. The molecule has 0 aliphatic heterocycles. The van der Waals surface area contributed by atoms with Crippen LogP contribution in [0.2, 0.25) is 10.0 Å². The van der Waals surface area contributed by atoms with Crippen LogP contribution in [0.4, 0.5) is 5.82 Å². The van der Waals surface area contributed by atoms with E-state index >= 15 is 0 Å². The SMILES string of the molecule is Nc1cc(-c2ccc(Cl)cc2Cl)nn1-c1ccncn1. The maximum absolute atomic E-state index is 6.17. The summed E-state index contributed by atoms with van der Waals surface area (Å²) in [5, 5.41) is 5.50. The van der Waals surface area contributed by atoms with E-state index in [1.807, 2.05) is 0 Å². The molecule has 0 bridgehead atoms. The van der Waals surface area contributed by atoms with Gasteiger partial charge >= 0.3 is 0 Å². The van der Waals surface area contributed by atoms with Crippen molar-refractivity contribution in [3.63, 3.8) is 0 Å². The number of nitrogen functional groups attached to an aromatic ring is 1. The molecule has 0 saturated carbocycles. The summed E-state index contributed by atoms with van der Waals surface area (Å²) in [6, 6.07) is 8.67. The second-order valence-electron chi connectivity index (χ2n) is 4.06. The lowest BCUT2D eigenvalue weighted by Crippen LogP contribution is -2.03. The van der Waals surface area contributed by atoms with Gasteiger partial charge in [0, 0.05) is 28.9 Å². The van der Waals surface area contributed by atoms with Gasteiger partial charge in [0.1, 0.15) is 12.1 Å². The van der Waals surface area contributed by atoms with Crippen LogP contribution < -0.4 is 5.73 Å². The molecule has 0 aliphatic carbocycles. The maximum Gasteiger partial charge on any atom is 0.159 e. The molecule has 3 rings (SSSR count). The van der Waals surface area contributed by atoms with Crippen molar-refractivity contribution < 1.29 is 0 Å². The maximum atomic E-state index is 6.17. The average Bonchev–Trinajstić information content (AvgIpc) is 2.81. The van der Waals surface area contributed by atoms with E-state index in [0.717, 1.165) is 5.56 Å². The molecule has 7 heteroatoms. The number of rotatable bonds is 2. The molecule has 100 valence electrons. The first-order valence-electron chi connectivity index (χ1n) is 5.72. The van der Waals surface area contributed by atoms with Gasteiger partial charge in [0.15, 0.2) is 5.82 Å². The van der Waals surface area contributed by atoms with Crippen LogP contribution in [-0.2, 0) is 0 Å². The summed E-state index contributed by atoms with van der Waals surface area (Å²) in [6.07, 6.45) is 3.06. The highest BCUT2D eigenvalue weighted by Crippen LogP contribution is 2.30. The summed E-state index contributed by atoms with van der Waals surface area (Å²) in [6.45, 7) is 0. The second kappa shape index (κ2) is 5.11. The summed E-state index contributed by atoms with van der Waals surface area (Å²) in [5.41, 5.74) is 7.38. The van der Waals surface area contributed by atoms with Gasteiger partial charge in [-0.2, -0.15) is 9.78 Å². The fraction of sp³-hybridized carbons (Fsp3) is 0. The predicted molar refractivity (Wildman–Crippen MR) is 79.0 cm³/mol. The van der Waals surface area contributed by atoms with Gasteiger partial charge in [-0.05, 0) is 18.2 Å². The molecule has 0 saturated heterocycles. The van der Waals surface area contributed by atoms with Crippen molar-refractivity contribution >= 4 is 29.0 Å². The molecule has 0 aliphatic rings. The number of halogens is 2. The van der Waals surface area contributed by atoms with Crippen LogP contribution in [0.15, 0.2) is 42.9 Å². The highest BCUT2D eigenvalue weighted by Gasteiger charge is 2.12. The lowest BCUT2D eigenvalue weighted by molar-refractivity contribution is 0.852. The van der Waals surface area contributed by atoms with E-state index in [2.05, 4.69) is 15.1 Å². The summed E-state index contributed by atoms with van der Waals surface area (Å²) in [5.74, 6) is 1.05. The van der Waals surface area contributed by atoms with Crippen LogP contribution >= 0.6 is 23.2 Å². The number of benzene rings is 1. The van der Waals surface area contributed by atoms with E-state index in [1.54, 1.807) is 36.5 Å². The monoisotopic (exact) mass is 305 g/mol. The summed E-state index contributed by atoms with van der Waals surface area (Å²) >= 11 is 12.1. The molecule has 0 radical (unpaired) electrons. The highest BCUT2D eigenvalue weighted by atomic mass is 35.5. The number of nitrogens with two attached hydrogens (primary N) is 1. The molecule has 0 spiro atoms. The van der Waals surface area contributed by atoms with E-state index < -0.39 is 0 Å². The van der Waals surface area contributed by atoms with Gasteiger partial charge < -0.3 is 5.73 Å². The van der Waals surface area contributed by atoms with Crippen molar-refractivity contribution in [1.82, 2.24) is 19.7 Å². The number of aromatic nitrogens is 4. The Labute approximate surface area is 125 Å². The topological polar surface area (TPSA) is 69.6 Å². The second-order valence-corrected chi connectivity index (χ2v) is 4.90. The minimum atomic E-state index is 0.463. The van der Waals surface area contributed by atoms with Gasteiger partial charge in [-0.15, -0.1) is 0 Å². The van der Waals surface area contributed by atoms with Crippen LogP contribution in [0, 0.1) is 0 Å². The average molecular weight is 306 g/mol. The molecule has 2 aromatic heterocycles. The third kappa shape index (κ3) is 2.33. The Morgan fingerprint density at radius 2 is 1.95 bits per heavy atom. The number of nitrogens with zero attached hydrogens (tertiary/aromatic N) is 4. The minimum Gasteiger partial charge on any atom is -0.384 e. The molecule has 2 N–H and O–H groups in total. The minimum absolute atomic E-state index is 0.463. The standard InChI is InChI=1S/C13H9Cl2N5/c14-8-1-2-9(10(15)5-8)11-6-12(16)20(19-11)13-3-4-17-7-18-13/h1-7H,16H2. The lowest BCUT2D eigenvalue weighted by atomic mass is 10.1. The van der Waals surface area contributed by atoms with E-state index in [1.165, 1.54) is 11.0 Å². The third-order valence-electron chi connectivity index (χ3n) is 2.73. The quantitative estimate of drug-likeness (QED) is 0.789. The molecule has 0 unspecified atom stereocenters. The first kappa shape index (κ1) is 12.9. The van der Waals surface area contributed by atoms with Crippen LogP contribution in [-0.4, -0.2) is 19.7 Å². The first-order valence-corrected chi connectivity index (χ1v) is 6.48. The smallest absolute Gasteiger partial charge is 0.159 e. The molecule has 3 aromatic rings. The summed E-state index contributed by atoms with van der Waals surface area (Å²) < 4.78 is 1.53. The van der Waals surface area contributed by atoms with Gasteiger partial charge in [0.25, 0.3) is 0 Å². The van der Waals surface area contributed by atoms with Gasteiger partial charge in [-0.25, -0.2) is 9.97 Å². The predicted octanol–water partition coefficient (Wildman–Crippen LogP) is 3.22.